The van der Waals surface area contributed by atoms with E-state index in [0.717, 1.165) is 12.0 Å². The average Bonchev–Trinajstić information content (AvgIpc) is 2.81. The van der Waals surface area contributed by atoms with Gasteiger partial charge in [-0.1, -0.05) is 31.2 Å². The molecule has 23 heavy (non-hydrogen) atoms. The monoisotopic (exact) mass is 336 g/mol. The standard InChI is InChI=1S/C17H24N2O3S/c1-3-8-15(2)17(20)18-11-7-12-19(14-13-18)23(21,22)16-9-5-4-6-10-16/h4-6,8-10H,3,7,11-14H2,1-2H3/b15-8-. The number of carbonyl (C=O) groups is 1. The summed E-state index contributed by atoms with van der Waals surface area (Å²) in [6.07, 6.45) is 3.38. The number of hydrogen-bond donors (Lipinski definition) is 0. The highest BCUT2D eigenvalue weighted by Crippen LogP contribution is 2.18. The summed E-state index contributed by atoms with van der Waals surface area (Å²) in [5.74, 6) is 0.00538. The van der Waals surface area contributed by atoms with Crippen LogP contribution in [0.15, 0.2) is 46.9 Å². The lowest BCUT2D eigenvalue weighted by Gasteiger charge is -2.22. The molecular formula is C17H24N2O3S. The van der Waals surface area contributed by atoms with Crippen molar-refractivity contribution in [3.63, 3.8) is 0 Å². The quantitative estimate of drug-likeness (QED) is 0.793. The maximum absolute atomic E-state index is 12.7. The topological polar surface area (TPSA) is 57.7 Å². The van der Waals surface area contributed by atoms with Crippen LogP contribution in [-0.4, -0.2) is 49.7 Å². The number of allylic oxidation sites excluding steroid dienone is 1. The first-order valence-electron chi connectivity index (χ1n) is 7.98. The Balaban J connectivity index is 2.10. The zero-order valence-corrected chi connectivity index (χ0v) is 14.6. The Morgan fingerprint density at radius 2 is 1.83 bits per heavy atom. The number of hydrogen-bond acceptors (Lipinski definition) is 3. The predicted molar refractivity (Wildman–Crippen MR) is 90.4 cm³/mol. The molecule has 126 valence electrons. The molecule has 0 saturated carbocycles. The molecule has 0 unspecified atom stereocenters. The second kappa shape index (κ2) is 7.75. The van der Waals surface area contributed by atoms with Crippen molar-refractivity contribution in [2.75, 3.05) is 26.2 Å². The number of amides is 1. The van der Waals surface area contributed by atoms with Crippen molar-refractivity contribution in [1.82, 2.24) is 9.21 Å². The smallest absolute Gasteiger partial charge is 0.249 e. The molecule has 1 fully saturated rings. The number of rotatable bonds is 4. The van der Waals surface area contributed by atoms with Gasteiger partial charge in [0.15, 0.2) is 0 Å². The first kappa shape index (κ1) is 17.7. The normalized spacial score (nSPS) is 17.8. The van der Waals surface area contributed by atoms with Crippen LogP contribution in [0.5, 0.6) is 0 Å². The minimum Gasteiger partial charge on any atom is -0.338 e. The van der Waals surface area contributed by atoms with E-state index in [4.69, 9.17) is 0 Å². The van der Waals surface area contributed by atoms with Gasteiger partial charge in [-0.2, -0.15) is 4.31 Å². The van der Waals surface area contributed by atoms with E-state index in [9.17, 15) is 13.2 Å². The minimum atomic E-state index is -3.48. The zero-order valence-electron chi connectivity index (χ0n) is 13.7. The summed E-state index contributed by atoms with van der Waals surface area (Å²) in [6.45, 7) is 5.61. The summed E-state index contributed by atoms with van der Waals surface area (Å²) >= 11 is 0. The second-order valence-corrected chi connectivity index (χ2v) is 7.60. The Morgan fingerprint density at radius 3 is 2.48 bits per heavy atom. The van der Waals surface area contributed by atoms with Crippen molar-refractivity contribution in [2.24, 2.45) is 0 Å². The van der Waals surface area contributed by atoms with Crippen LogP contribution in [0.25, 0.3) is 0 Å². The predicted octanol–water partition coefficient (Wildman–Crippen LogP) is 2.27. The van der Waals surface area contributed by atoms with E-state index in [0.29, 0.717) is 37.5 Å². The van der Waals surface area contributed by atoms with Crippen LogP contribution in [0.3, 0.4) is 0 Å². The molecule has 0 aromatic heterocycles. The molecule has 0 spiro atoms. The fraction of sp³-hybridized carbons (Fsp3) is 0.471. The number of carbonyl (C=O) groups excluding carboxylic acids is 1. The van der Waals surface area contributed by atoms with Crippen molar-refractivity contribution < 1.29 is 13.2 Å². The largest absolute Gasteiger partial charge is 0.338 e. The lowest BCUT2D eigenvalue weighted by Crippen LogP contribution is -2.37. The van der Waals surface area contributed by atoms with Crippen LogP contribution in [0.2, 0.25) is 0 Å². The van der Waals surface area contributed by atoms with Gasteiger partial charge in [-0.15, -0.1) is 0 Å². The molecule has 1 aromatic carbocycles. The summed E-state index contributed by atoms with van der Waals surface area (Å²) in [6, 6.07) is 8.46. The Bertz CT molecular complexity index is 668. The fourth-order valence-corrected chi connectivity index (χ4v) is 4.21. The SMILES string of the molecule is CC/C=C(/C)C(=O)N1CCCN(S(=O)(=O)c2ccccc2)CC1. The summed E-state index contributed by atoms with van der Waals surface area (Å²) in [5, 5.41) is 0. The molecule has 0 atom stereocenters. The van der Waals surface area contributed by atoms with Crippen LogP contribution < -0.4 is 0 Å². The lowest BCUT2D eigenvalue weighted by atomic mass is 10.2. The molecule has 6 heteroatoms. The van der Waals surface area contributed by atoms with Crippen molar-refractivity contribution >= 4 is 15.9 Å². The molecule has 1 saturated heterocycles. The average molecular weight is 336 g/mol. The number of sulfonamides is 1. The van der Waals surface area contributed by atoms with E-state index in [-0.39, 0.29) is 5.91 Å². The van der Waals surface area contributed by atoms with E-state index in [1.54, 1.807) is 35.2 Å². The first-order chi connectivity index (χ1) is 11.0. The van der Waals surface area contributed by atoms with Gasteiger partial charge in [0.25, 0.3) is 0 Å². The van der Waals surface area contributed by atoms with Crippen LogP contribution in [-0.2, 0) is 14.8 Å². The molecule has 5 nitrogen and oxygen atoms in total. The van der Waals surface area contributed by atoms with Gasteiger partial charge < -0.3 is 4.90 Å². The molecule has 1 aliphatic heterocycles. The van der Waals surface area contributed by atoms with Gasteiger partial charge >= 0.3 is 0 Å². The molecule has 1 heterocycles. The maximum atomic E-state index is 12.7. The molecule has 1 aromatic rings. The van der Waals surface area contributed by atoms with Gasteiger partial charge in [0.05, 0.1) is 4.90 Å². The molecule has 0 N–H and O–H groups in total. The third kappa shape index (κ3) is 4.20. The van der Waals surface area contributed by atoms with Crippen LogP contribution >= 0.6 is 0 Å². The van der Waals surface area contributed by atoms with Crippen molar-refractivity contribution in [1.29, 1.82) is 0 Å². The molecule has 2 rings (SSSR count). The third-order valence-corrected chi connectivity index (χ3v) is 5.88. The van der Waals surface area contributed by atoms with Gasteiger partial charge in [-0.25, -0.2) is 8.42 Å². The van der Waals surface area contributed by atoms with Crippen molar-refractivity contribution in [2.45, 2.75) is 31.6 Å². The van der Waals surface area contributed by atoms with Crippen LogP contribution in [0, 0.1) is 0 Å². The molecule has 1 amide bonds. The Labute approximate surface area is 138 Å². The highest BCUT2D eigenvalue weighted by atomic mass is 32.2. The third-order valence-electron chi connectivity index (χ3n) is 3.97. The summed E-state index contributed by atoms with van der Waals surface area (Å²) in [4.78, 5) is 14.4. The van der Waals surface area contributed by atoms with Crippen molar-refractivity contribution in [3.05, 3.63) is 42.0 Å². The Hall–Kier alpha value is -1.66. The Morgan fingerprint density at radius 1 is 1.13 bits per heavy atom. The first-order valence-corrected chi connectivity index (χ1v) is 9.42. The lowest BCUT2D eigenvalue weighted by molar-refractivity contribution is -0.126. The summed E-state index contributed by atoms with van der Waals surface area (Å²) in [7, 11) is -3.48. The molecule has 0 bridgehead atoms. The molecular weight excluding hydrogens is 312 g/mol. The summed E-state index contributed by atoms with van der Waals surface area (Å²) < 4.78 is 26.8. The van der Waals surface area contributed by atoms with E-state index in [2.05, 4.69) is 0 Å². The number of benzene rings is 1. The molecule has 1 aliphatic rings. The van der Waals surface area contributed by atoms with E-state index in [1.807, 2.05) is 19.9 Å². The summed E-state index contributed by atoms with van der Waals surface area (Å²) in [5.41, 5.74) is 0.729. The van der Waals surface area contributed by atoms with Crippen LogP contribution in [0.1, 0.15) is 26.7 Å². The van der Waals surface area contributed by atoms with E-state index in [1.165, 1.54) is 4.31 Å². The van der Waals surface area contributed by atoms with E-state index < -0.39 is 10.0 Å². The van der Waals surface area contributed by atoms with Crippen LogP contribution in [0.4, 0.5) is 0 Å². The molecule has 0 radical (unpaired) electrons. The van der Waals surface area contributed by atoms with Gasteiger partial charge in [0, 0.05) is 31.8 Å². The maximum Gasteiger partial charge on any atom is 0.249 e. The van der Waals surface area contributed by atoms with Crippen molar-refractivity contribution in [3.8, 4) is 0 Å². The highest BCUT2D eigenvalue weighted by molar-refractivity contribution is 7.89. The molecule has 0 aliphatic carbocycles. The number of nitrogens with zero attached hydrogens (tertiary/aromatic N) is 2. The fourth-order valence-electron chi connectivity index (χ4n) is 2.72. The van der Waals surface area contributed by atoms with Gasteiger partial charge in [-0.05, 0) is 31.9 Å². The minimum absolute atomic E-state index is 0.00538. The second-order valence-electron chi connectivity index (χ2n) is 5.66. The van der Waals surface area contributed by atoms with Gasteiger partial charge in [0.2, 0.25) is 15.9 Å². The highest BCUT2D eigenvalue weighted by Gasteiger charge is 2.28. The zero-order chi connectivity index (χ0) is 16.9. The Kier molecular flexibility index (Phi) is 5.96. The van der Waals surface area contributed by atoms with Gasteiger partial charge in [-0.3, -0.25) is 4.79 Å². The van der Waals surface area contributed by atoms with E-state index >= 15 is 0 Å². The van der Waals surface area contributed by atoms with Gasteiger partial charge in [0.1, 0.15) is 0 Å².